The van der Waals surface area contributed by atoms with Crippen molar-refractivity contribution in [1.82, 2.24) is 10.2 Å². The zero-order valence-corrected chi connectivity index (χ0v) is 13.7. The number of fused-ring (bicyclic) bond motifs is 1. The molecule has 2 N–H and O–H groups in total. The molecule has 1 aliphatic heterocycles. The first-order chi connectivity index (χ1) is 10.4. The molecule has 1 aromatic rings. The predicted molar refractivity (Wildman–Crippen MR) is 83.4 cm³/mol. The predicted octanol–water partition coefficient (Wildman–Crippen LogP) is 1.32. The summed E-state index contributed by atoms with van der Waals surface area (Å²) in [7, 11) is 0. The smallest absolute Gasteiger partial charge is 0.261 e. The Hall–Kier alpha value is -1.73. The zero-order chi connectivity index (χ0) is 16.3. The minimum Gasteiger partial charge on any atom is -0.392 e. The average molecular weight is 369 g/mol. The fraction of sp³-hybridized carbons (Fsp3) is 0.400. The van der Waals surface area contributed by atoms with Crippen LogP contribution in [0.15, 0.2) is 22.7 Å². The number of hydrogen-bond acceptors (Lipinski definition) is 4. The number of amides is 3. The maximum atomic E-state index is 12.2. The second kappa shape index (κ2) is 7.02. The molecule has 1 heterocycles. The first kappa shape index (κ1) is 16.6. The fourth-order valence-electron chi connectivity index (χ4n) is 2.21. The van der Waals surface area contributed by atoms with Gasteiger partial charge in [0.1, 0.15) is 0 Å². The van der Waals surface area contributed by atoms with Gasteiger partial charge in [0.05, 0.1) is 17.2 Å². The molecule has 0 fully saturated rings. The van der Waals surface area contributed by atoms with E-state index < -0.39 is 6.10 Å². The van der Waals surface area contributed by atoms with Gasteiger partial charge in [-0.25, -0.2) is 0 Å². The van der Waals surface area contributed by atoms with Gasteiger partial charge in [0.15, 0.2) is 0 Å². The first-order valence-electron chi connectivity index (χ1n) is 7.00. The number of rotatable bonds is 6. The summed E-state index contributed by atoms with van der Waals surface area (Å²) in [6, 6.07) is 4.97. The van der Waals surface area contributed by atoms with Crippen LogP contribution < -0.4 is 5.32 Å². The van der Waals surface area contributed by atoms with Gasteiger partial charge in [0.25, 0.3) is 11.8 Å². The molecular formula is C15H17BrN2O4. The van der Waals surface area contributed by atoms with E-state index in [0.29, 0.717) is 17.5 Å². The van der Waals surface area contributed by atoms with E-state index >= 15 is 0 Å². The van der Waals surface area contributed by atoms with Crippen molar-refractivity contribution in [3.05, 3.63) is 33.8 Å². The summed E-state index contributed by atoms with van der Waals surface area (Å²) >= 11 is 3.28. The van der Waals surface area contributed by atoms with Crippen molar-refractivity contribution in [2.24, 2.45) is 0 Å². The number of benzene rings is 1. The Morgan fingerprint density at radius 2 is 2.00 bits per heavy atom. The molecule has 0 spiro atoms. The molecule has 0 saturated carbocycles. The third-order valence-electron chi connectivity index (χ3n) is 3.31. The third-order valence-corrected chi connectivity index (χ3v) is 3.81. The average Bonchev–Trinajstić information content (AvgIpc) is 2.69. The number of halogens is 1. The van der Waals surface area contributed by atoms with E-state index in [1.54, 1.807) is 25.1 Å². The van der Waals surface area contributed by atoms with Gasteiger partial charge in [-0.15, -0.1) is 0 Å². The highest BCUT2D eigenvalue weighted by Gasteiger charge is 2.35. The molecule has 0 bridgehead atoms. The Kier molecular flexibility index (Phi) is 5.31. The summed E-state index contributed by atoms with van der Waals surface area (Å²) in [5.41, 5.74) is 0.782. The van der Waals surface area contributed by atoms with E-state index in [0.717, 1.165) is 4.47 Å². The molecule has 1 aliphatic rings. The van der Waals surface area contributed by atoms with E-state index in [4.69, 9.17) is 5.11 Å². The highest BCUT2D eigenvalue weighted by atomic mass is 79.9. The van der Waals surface area contributed by atoms with Crippen LogP contribution in [0, 0.1) is 0 Å². The Bertz CT molecular complexity index is 616. The van der Waals surface area contributed by atoms with Crippen molar-refractivity contribution in [2.75, 3.05) is 13.1 Å². The lowest BCUT2D eigenvalue weighted by Crippen LogP contribution is -2.33. The van der Waals surface area contributed by atoms with Crippen LogP contribution in [0.25, 0.3) is 0 Å². The molecule has 3 amide bonds. The van der Waals surface area contributed by atoms with Gasteiger partial charge >= 0.3 is 0 Å². The summed E-state index contributed by atoms with van der Waals surface area (Å²) in [6.07, 6.45) is -0.0131. The molecule has 0 radical (unpaired) electrons. The Balaban J connectivity index is 1.89. The number of carbonyl (C=O) groups is 3. The van der Waals surface area contributed by atoms with Crippen molar-refractivity contribution < 1.29 is 19.5 Å². The second-order valence-corrected chi connectivity index (χ2v) is 6.12. The van der Waals surface area contributed by atoms with Crippen LogP contribution in [0.2, 0.25) is 0 Å². The lowest BCUT2D eigenvalue weighted by Gasteiger charge is -2.13. The maximum absolute atomic E-state index is 12.2. The van der Waals surface area contributed by atoms with Crippen LogP contribution in [-0.4, -0.2) is 46.9 Å². The summed E-state index contributed by atoms with van der Waals surface area (Å²) in [5, 5.41) is 11.6. The fourth-order valence-corrected chi connectivity index (χ4v) is 2.57. The minimum atomic E-state index is -0.598. The number of imide groups is 1. The highest BCUT2D eigenvalue weighted by molar-refractivity contribution is 9.10. The number of nitrogens with zero attached hydrogens (tertiary/aromatic N) is 1. The van der Waals surface area contributed by atoms with Crippen LogP contribution in [-0.2, 0) is 4.79 Å². The van der Waals surface area contributed by atoms with Crippen LogP contribution in [0.3, 0.4) is 0 Å². The van der Waals surface area contributed by atoms with Gasteiger partial charge < -0.3 is 10.4 Å². The monoisotopic (exact) mass is 368 g/mol. The van der Waals surface area contributed by atoms with Crippen LogP contribution >= 0.6 is 15.9 Å². The topological polar surface area (TPSA) is 86.7 Å². The van der Waals surface area contributed by atoms with Crippen LogP contribution in [0.1, 0.15) is 40.5 Å². The maximum Gasteiger partial charge on any atom is 0.261 e. The molecule has 1 aromatic carbocycles. The number of aliphatic hydroxyl groups excluding tert-OH is 1. The molecule has 1 unspecified atom stereocenters. The van der Waals surface area contributed by atoms with Gasteiger partial charge in [0.2, 0.25) is 5.91 Å². The molecule has 1 atom stereocenters. The zero-order valence-electron chi connectivity index (χ0n) is 12.1. The molecule has 0 aliphatic carbocycles. The molecule has 2 rings (SSSR count). The van der Waals surface area contributed by atoms with Gasteiger partial charge in [-0.3, -0.25) is 19.3 Å². The Morgan fingerprint density at radius 3 is 2.68 bits per heavy atom. The van der Waals surface area contributed by atoms with Gasteiger partial charge in [0, 0.05) is 24.0 Å². The van der Waals surface area contributed by atoms with E-state index in [9.17, 15) is 14.4 Å². The number of nitrogens with one attached hydrogen (secondary N) is 1. The van der Waals surface area contributed by atoms with Crippen molar-refractivity contribution in [3.8, 4) is 0 Å². The summed E-state index contributed by atoms with van der Waals surface area (Å²) in [4.78, 5) is 37.1. The Labute approximate surface area is 136 Å². The van der Waals surface area contributed by atoms with Gasteiger partial charge in [-0.1, -0.05) is 15.9 Å². The summed E-state index contributed by atoms with van der Waals surface area (Å²) < 4.78 is 0.742. The number of aliphatic hydroxyl groups is 1. The highest BCUT2D eigenvalue weighted by Crippen LogP contribution is 2.26. The summed E-state index contributed by atoms with van der Waals surface area (Å²) in [6.45, 7) is 1.98. The van der Waals surface area contributed by atoms with E-state index in [-0.39, 0.29) is 37.2 Å². The molecule has 0 saturated heterocycles. The normalized spacial score (nSPS) is 15.0. The lowest BCUT2D eigenvalue weighted by molar-refractivity contribution is -0.121. The van der Waals surface area contributed by atoms with E-state index in [1.165, 1.54) is 4.90 Å². The van der Waals surface area contributed by atoms with Gasteiger partial charge in [-0.05, 0) is 31.5 Å². The number of hydrogen-bond donors (Lipinski definition) is 2. The van der Waals surface area contributed by atoms with Crippen molar-refractivity contribution >= 4 is 33.7 Å². The van der Waals surface area contributed by atoms with E-state index in [2.05, 4.69) is 21.2 Å². The second-order valence-electron chi connectivity index (χ2n) is 5.21. The Morgan fingerprint density at radius 1 is 1.32 bits per heavy atom. The molecule has 118 valence electrons. The standard InChI is InChI=1S/C15H17BrN2O4/c1-9(19)8-17-13(20)3-2-6-18-14(21)11-5-4-10(16)7-12(11)15(18)22/h4-5,7,9,19H,2-3,6,8H2,1H3,(H,17,20). The molecular weight excluding hydrogens is 352 g/mol. The molecule has 6 nitrogen and oxygen atoms in total. The third kappa shape index (κ3) is 3.72. The lowest BCUT2D eigenvalue weighted by atomic mass is 10.1. The van der Waals surface area contributed by atoms with Crippen molar-refractivity contribution in [3.63, 3.8) is 0 Å². The van der Waals surface area contributed by atoms with Crippen LogP contribution in [0.5, 0.6) is 0 Å². The van der Waals surface area contributed by atoms with Gasteiger partial charge in [-0.2, -0.15) is 0 Å². The largest absolute Gasteiger partial charge is 0.392 e. The van der Waals surface area contributed by atoms with Crippen LogP contribution in [0.4, 0.5) is 0 Å². The SMILES string of the molecule is CC(O)CNC(=O)CCCN1C(=O)c2ccc(Br)cc2C1=O. The molecule has 0 aromatic heterocycles. The van der Waals surface area contributed by atoms with Crippen molar-refractivity contribution in [2.45, 2.75) is 25.9 Å². The molecule has 7 heteroatoms. The first-order valence-corrected chi connectivity index (χ1v) is 7.80. The quantitative estimate of drug-likeness (QED) is 0.741. The molecule has 22 heavy (non-hydrogen) atoms. The summed E-state index contributed by atoms with van der Waals surface area (Å²) in [5.74, 6) is -0.858. The van der Waals surface area contributed by atoms with Crippen molar-refractivity contribution in [1.29, 1.82) is 0 Å². The van der Waals surface area contributed by atoms with E-state index in [1.807, 2.05) is 0 Å². The minimum absolute atomic E-state index is 0.194. The number of carbonyl (C=O) groups excluding carboxylic acids is 3.